The topological polar surface area (TPSA) is 108 Å². The van der Waals surface area contributed by atoms with Gasteiger partial charge < -0.3 is 20.5 Å². The van der Waals surface area contributed by atoms with Gasteiger partial charge in [0.15, 0.2) is 0 Å². The quantitative estimate of drug-likeness (QED) is 0.532. The van der Waals surface area contributed by atoms with Gasteiger partial charge in [0.2, 0.25) is 0 Å². The highest BCUT2D eigenvalue weighted by atomic mass is 35.5. The van der Waals surface area contributed by atoms with Gasteiger partial charge in [-0.15, -0.1) is 0 Å². The number of esters is 2. The van der Waals surface area contributed by atoms with Crippen LogP contribution >= 0.6 is 11.6 Å². The largest absolute Gasteiger partial charge is 0.462 e. The molecule has 0 aromatic heterocycles. The highest BCUT2D eigenvalue weighted by molar-refractivity contribution is 6.30. The van der Waals surface area contributed by atoms with Gasteiger partial charge in [0, 0.05) is 5.02 Å². The van der Waals surface area contributed by atoms with Crippen LogP contribution in [-0.4, -0.2) is 31.2 Å². The van der Waals surface area contributed by atoms with Crippen LogP contribution in [0.2, 0.25) is 5.02 Å². The van der Waals surface area contributed by atoms with Gasteiger partial charge in [0.05, 0.1) is 18.0 Å². The number of ether oxygens (including phenoxy) is 2. The van der Waals surface area contributed by atoms with Crippen molar-refractivity contribution in [1.29, 1.82) is 0 Å². The molecule has 2 aromatic carbocycles. The van der Waals surface area contributed by atoms with E-state index in [0.29, 0.717) is 16.1 Å². The van der Waals surface area contributed by atoms with Gasteiger partial charge in [-0.1, -0.05) is 41.9 Å². The maximum atomic E-state index is 12.0. The molecule has 0 aliphatic heterocycles. The normalized spacial score (nSPS) is 11.3. The number of rotatable bonds is 8. The van der Waals surface area contributed by atoms with Crippen molar-refractivity contribution in [2.45, 2.75) is 12.5 Å². The number of hydrogen-bond acceptors (Lipinski definition) is 5. The summed E-state index contributed by atoms with van der Waals surface area (Å²) in [6.07, 6.45) is -0.128. The number of hydrogen-bond donors (Lipinski definition) is 2. The van der Waals surface area contributed by atoms with Crippen LogP contribution < -0.4 is 11.1 Å². The number of nitrogens with two attached hydrogens (primary N) is 1. The number of carbonyl (C=O) groups excluding carboxylic acids is 3. The summed E-state index contributed by atoms with van der Waals surface area (Å²) < 4.78 is 10.1. The summed E-state index contributed by atoms with van der Waals surface area (Å²) in [4.78, 5) is 35.0. The maximum absolute atomic E-state index is 12.0. The molecule has 0 saturated heterocycles. The SMILES string of the molecule is NC(=O)NC(CC(=O)OCCOC(=O)c1ccccc1)c1ccc(Cl)cc1. The number of nitrogens with one attached hydrogen (secondary N) is 1. The van der Waals surface area contributed by atoms with E-state index in [4.69, 9.17) is 26.8 Å². The minimum Gasteiger partial charge on any atom is -0.462 e. The number of amides is 2. The Kier molecular flexibility index (Phi) is 7.63. The van der Waals surface area contributed by atoms with E-state index in [2.05, 4.69) is 5.32 Å². The average Bonchev–Trinajstić information content (AvgIpc) is 2.65. The molecule has 27 heavy (non-hydrogen) atoms. The fraction of sp³-hybridized carbons (Fsp3) is 0.211. The minimum atomic E-state index is -0.764. The lowest BCUT2D eigenvalue weighted by Crippen LogP contribution is -2.34. The van der Waals surface area contributed by atoms with Crippen LogP contribution in [0.25, 0.3) is 0 Å². The molecule has 142 valence electrons. The predicted octanol–water partition coefficient (Wildman–Crippen LogP) is 2.84. The molecule has 8 heteroatoms. The summed E-state index contributed by atoms with van der Waals surface area (Å²) in [5.74, 6) is -1.07. The molecule has 1 unspecified atom stereocenters. The number of urea groups is 1. The Balaban J connectivity index is 1.80. The van der Waals surface area contributed by atoms with Crippen LogP contribution in [0.1, 0.15) is 28.4 Å². The monoisotopic (exact) mass is 390 g/mol. The van der Waals surface area contributed by atoms with E-state index in [0.717, 1.165) is 0 Å². The molecule has 0 bridgehead atoms. The molecule has 0 aliphatic carbocycles. The van der Waals surface area contributed by atoms with E-state index in [1.807, 2.05) is 0 Å². The van der Waals surface area contributed by atoms with Crippen LogP contribution in [0.15, 0.2) is 54.6 Å². The second-order valence-corrected chi connectivity index (χ2v) is 5.98. The number of carbonyl (C=O) groups is 3. The van der Waals surface area contributed by atoms with Crippen LogP contribution in [0, 0.1) is 0 Å². The molecule has 2 amide bonds. The van der Waals surface area contributed by atoms with Crippen molar-refractivity contribution in [3.8, 4) is 0 Å². The van der Waals surface area contributed by atoms with Crippen molar-refractivity contribution in [2.24, 2.45) is 5.73 Å². The van der Waals surface area contributed by atoms with Crippen molar-refractivity contribution in [2.75, 3.05) is 13.2 Å². The molecule has 0 aliphatic rings. The van der Waals surface area contributed by atoms with Gasteiger partial charge in [0.1, 0.15) is 13.2 Å². The highest BCUT2D eigenvalue weighted by Crippen LogP contribution is 2.20. The van der Waals surface area contributed by atoms with Crippen LogP contribution in [0.4, 0.5) is 4.79 Å². The summed E-state index contributed by atoms with van der Waals surface area (Å²) in [5.41, 5.74) is 6.23. The summed E-state index contributed by atoms with van der Waals surface area (Å²) in [7, 11) is 0. The van der Waals surface area contributed by atoms with E-state index < -0.39 is 24.0 Å². The summed E-state index contributed by atoms with van der Waals surface area (Å²) >= 11 is 5.84. The molecular weight excluding hydrogens is 372 g/mol. The molecule has 2 rings (SSSR count). The van der Waals surface area contributed by atoms with E-state index in [1.54, 1.807) is 54.6 Å². The van der Waals surface area contributed by atoms with E-state index in [-0.39, 0.29) is 19.6 Å². The second kappa shape index (κ2) is 10.2. The second-order valence-electron chi connectivity index (χ2n) is 5.54. The van der Waals surface area contributed by atoms with E-state index in [9.17, 15) is 14.4 Å². The Morgan fingerprint density at radius 1 is 0.963 bits per heavy atom. The third-order valence-corrected chi connectivity index (χ3v) is 3.80. The summed E-state index contributed by atoms with van der Waals surface area (Å²) in [6.45, 7) is -0.171. The van der Waals surface area contributed by atoms with Gasteiger partial charge in [-0.25, -0.2) is 9.59 Å². The molecule has 0 fully saturated rings. The Morgan fingerprint density at radius 2 is 1.59 bits per heavy atom. The first-order valence-corrected chi connectivity index (χ1v) is 8.52. The first-order valence-electron chi connectivity index (χ1n) is 8.15. The van der Waals surface area contributed by atoms with Crippen molar-refractivity contribution < 1.29 is 23.9 Å². The van der Waals surface area contributed by atoms with Gasteiger partial charge in [-0.05, 0) is 29.8 Å². The molecule has 0 heterocycles. The lowest BCUT2D eigenvalue weighted by atomic mass is 10.0. The van der Waals surface area contributed by atoms with E-state index in [1.165, 1.54) is 0 Å². The lowest BCUT2D eigenvalue weighted by Gasteiger charge is -2.17. The Hall–Kier alpha value is -3.06. The Labute approximate surface area is 161 Å². The van der Waals surface area contributed by atoms with Gasteiger partial charge in [0.25, 0.3) is 0 Å². The van der Waals surface area contributed by atoms with Gasteiger partial charge >= 0.3 is 18.0 Å². The number of benzene rings is 2. The van der Waals surface area contributed by atoms with E-state index >= 15 is 0 Å². The first-order chi connectivity index (χ1) is 13.0. The minimum absolute atomic E-state index is 0.0751. The van der Waals surface area contributed by atoms with Gasteiger partial charge in [-0.3, -0.25) is 4.79 Å². The Morgan fingerprint density at radius 3 is 2.22 bits per heavy atom. The zero-order valence-corrected chi connectivity index (χ0v) is 15.1. The smallest absolute Gasteiger partial charge is 0.338 e. The molecule has 0 radical (unpaired) electrons. The van der Waals surface area contributed by atoms with Crippen molar-refractivity contribution in [3.05, 3.63) is 70.7 Å². The van der Waals surface area contributed by atoms with Crippen LogP contribution in [0.3, 0.4) is 0 Å². The maximum Gasteiger partial charge on any atom is 0.338 e. The molecule has 7 nitrogen and oxygen atoms in total. The Bertz CT molecular complexity index is 780. The number of halogens is 1. The van der Waals surface area contributed by atoms with Crippen molar-refractivity contribution in [3.63, 3.8) is 0 Å². The third-order valence-electron chi connectivity index (χ3n) is 3.55. The van der Waals surface area contributed by atoms with Crippen molar-refractivity contribution >= 4 is 29.6 Å². The fourth-order valence-electron chi connectivity index (χ4n) is 2.29. The third kappa shape index (κ3) is 6.99. The molecular formula is C19H19ClN2O5. The standard InChI is InChI=1S/C19H19ClN2O5/c20-15-8-6-13(7-9-15)16(22-19(21)25)12-17(23)26-10-11-27-18(24)14-4-2-1-3-5-14/h1-9,16H,10-12H2,(H3,21,22,25). The molecule has 3 N–H and O–H groups in total. The predicted molar refractivity (Wildman–Crippen MR) is 99.2 cm³/mol. The van der Waals surface area contributed by atoms with Gasteiger partial charge in [-0.2, -0.15) is 0 Å². The van der Waals surface area contributed by atoms with Crippen LogP contribution in [0.5, 0.6) is 0 Å². The zero-order chi connectivity index (χ0) is 19.6. The van der Waals surface area contributed by atoms with Crippen molar-refractivity contribution in [1.82, 2.24) is 5.32 Å². The fourth-order valence-corrected chi connectivity index (χ4v) is 2.42. The highest BCUT2D eigenvalue weighted by Gasteiger charge is 2.18. The molecule has 0 saturated carbocycles. The zero-order valence-electron chi connectivity index (χ0n) is 14.4. The molecule has 0 spiro atoms. The summed E-state index contributed by atoms with van der Waals surface area (Å²) in [5, 5.41) is 3.01. The summed E-state index contributed by atoms with van der Waals surface area (Å²) in [6, 6.07) is 13.7. The molecule has 1 atom stereocenters. The lowest BCUT2D eigenvalue weighted by molar-refractivity contribution is -0.145. The average molecular weight is 391 g/mol. The van der Waals surface area contributed by atoms with Crippen LogP contribution in [-0.2, 0) is 14.3 Å². The number of primary amides is 1. The molecule has 2 aromatic rings. The first kappa shape index (κ1) is 20.3.